The van der Waals surface area contributed by atoms with E-state index in [9.17, 15) is 4.79 Å². The van der Waals surface area contributed by atoms with Crippen molar-refractivity contribution in [2.24, 2.45) is 0 Å². The van der Waals surface area contributed by atoms with E-state index in [1.165, 1.54) is 0 Å². The van der Waals surface area contributed by atoms with Gasteiger partial charge in [-0.2, -0.15) is 0 Å². The van der Waals surface area contributed by atoms with Crippen LogP contribution in [0.5, 0.6) is 0 Å². The van der Waals surface area contributed by atoms with E-state index in [0.29, 0.717) is 17.8 Å². The number of esters is 1. The summed E-state index contributed by atoms with van der Waals surface area (Å²) < 4.78 is 5.00. The van der Waals surface area contributed by atoms with E-state index in [1.807, 2.05) is 0 Å². The van der Waals surface area contributed by atoms with Crippen LogP contribution in [0.15, 0.2) is 18.7 Å². The van der Waals surface area contributed by atoms with Crippen molar-refractivity contribution in [2.75, 3.05) is 6.61 Å². The van der Waals surface area contributed by atoms with Gasteiger partial charge in [0.15, 0.2) is 0 Å². The fourth-order valence-electron chi connectivity index (χ4n) is 1.87. The standard InChI is InChI=1S/C11H10N4O2/c1-2-17-11(16)6-3-12-10-8(6)9-7(4-13-10)14-5-15-9/h3-5H,2H2,1H3,(H,12,13)(H,14,15). The van der Waals surface area contributed by atoms with E-state index in [-0.39, 0.29) is 5.97 Å². The summed E-state index contributed by atoms with van der Waals surface area (Å²) >= 11 is 0. The summed E-state index contributed by atoms with van der Waals surface area (Å²) in [6.45, 7) is 2.12. The van der Waals surface area contributed by atoms with Gasteiger partial charge >= 0.3 is 5.97 Å². The molecule has 0 bridgehead atoms. The van der Waals surface area contributed by atoms with Crippen LogP contribution in [-0.4, -0.2) is 32.5 Å². The lowest BCUT2D eigenvalue weighted by molar-refractivity contribution is 0.0529. The number of H-pyrrole nitrogens is 2. The van der Waals surface area contributed by atoms with Gasteiger partial charge in [0.2, 0.25) is 0 Å². The van der Waals surface area contributed by atoms with Crippen molar-refractivity contribution in [3.63, 3.8) is 0 Å². The zero-order chi connectivity index (χ0) is 11.8. The molecule has 3 aromatic rings. The smallest absolute Gasteiger partial charge is 0.340 e. The molecule has 6 nitrogen and oxygen atoms in total. The topological polar surface area (TPSA) is 83.7 Å². The first kappa shape index (κ1) is 9.83. The number of aromatic nitrogens is 4. The van der Waals surface area contributed by atoms with Crippen LogP contribution in [0.1, 0.15) is 17.3 Å². The number of carbonyl (C=O) groups is 1. The number of fused-ring (bicyclic) bond motifs is 3. The average molecular weight is 230 g/mol. The molecule has 0 fully saturated rings. The molecule has 0 atom stereocenters. The van der Waals surface area contributed by atoms with Crippen LogP contribution >= 0.6 is 0 Å². The molecule has 0 aromatic carbocycles. The van der Waals surface area contributed by atoms with Crippen molar-refractivity contribution < 1.29 is 9.53 Å². The number of pyridine rings is 1. The molecular weight excluding hydrogens is 220 g/mol. The number of carbonyl (C=O) groups excluding carboxylic acids is 1. The second-order valence-corrected chi connectivity index (χ2v) is 3.57. The largest absolute Gasteiger partial charge is 0.462 e. The number of nitrogens with one attached hydrogen (secondary N) is 2. The summed E-state index contributed by atoms with van der Waals surface area (Å²) in [4.78, 5) is 26.0. The highest BCUT2D eigenvalue weighted by Crippen LogP contribution is 2.24. The molecule has 17 heavy (non-hydrogen) atoms. The summed E-state index contributed by atoms with van der Waals surface area (Å²) in [6, 6.07) is 0. The second kappa shape index (κ2) is 3.58. The van der Waals surface area contributed by atoms with Crippen LogP contribution in [0, 0.1) is 0 Å². The number of ether oxygens (including phenoxy) is 1. The molecule has 0 saturated carbocycles. The second-order valence-electron chi connectivity index (χ2n) is 3.57. The highest BCUT2D eigenvalue weighted by atomic mass is 16.5. The fraction of sp³-hybridized carbons (Fsp3) is 0.182. The Morgan fingerprint density at radius 1 is 1.41 bits per heavy atom. The van der Waals surface area contributed by atoms with E-state index in [2.05, 4.69) is 19.9 Å². The number of hydrogen-bond donors (Lipinski definition) is 2. The third kappa shape index (κ3) is 1.37. The molecule has 6 heteroatoms. The third-order valence-electron chi connectivity index (χ3n) is 2.59. The Labute approximate surface area is 96.0 Å². The number of imidazole rings is 1. The predicted molar refractivity (Wildman–Crippen MR) is 61.7 cm³/mol. The van der Waals surface area contributed by atoms with Crippen LogP contribution in [0.3, 0.4) is 0 Å². The zero-order valence-corrected chi connectivity index (χ0v) is 9.15. The van der Waals surface area contributed by atoms with Crippen molar-refractivity contribution >= 4 is 28.0 Å². The number of hydrogen-bond acceptors (Lipinski definition) is 4. The molecule has 0 radical (unpaired) electrons. The molecule has 0 aliphatic heterocycles. The van der Waals surface area contributed by atoms with E-state index >= 15 is 0 Å². The molecule has 0 aliphatic carbocycles. The first-order valence-electron chi connectivity index (χ1n) is 5.27. The zero-order valence-electron chi connectivity index (χ0n) is 9.15. The lowest BCUT2D eigenvalue weighted by Gasteiger charge is -1.99. The van der Waals surface area contributed by atoms with Gasteiger partial charge in [0.25, 0.3) is 0 Å². The minimum absolute atomic E-state index is 0.345. The number of aromatic amines is 2. The van der Waals surface area contributed by atoms with Gasteiger partial charge in [-0.05, 0) is 6.92 Å². The van der Waals surface area contributed by atoms with E-state index in [4.69, 9.17) is 4.74 Å². The van der Waals surface area contributed by atoms with Crippen LogP contribution in [-0.2, 0) is 4.74 Å². The van der Waals surface area contributed by atoms with Crippen molar-refractivity contribution in [3.05, 3.63) is 24.3 Å². The van der Waals surface area contributed by atoms with Gasteiger partial charge in [0, 0.05) is 6.20 Å². The van der Waals surface area contributed by atoms with Crippen LogP contribution in [0.4, 0.5) is 0 Å². The Bertz CT molecular complexity index is 698. The molecule has 3 rings (SSSR count). The average Bonchev–Trinajstić information content (AvgIpc) is 2.94. The first-order chi connectivity index (χ1) is 8.31. The molecule has 0 saturated heterocycles. The lowest BCUT2D eigenvalue weighted by atomic mass is 10.2. The van der Waals surface area contributed by atoms with Gasteiger partial charge in [-0.15, -0.1) is 0 Å². The Balaban J connectivity index is 2.31. The number of nitrogens with zero attached hydrogens (tertiary/aromatic N) is 2. The van der Waals surface area contributed by atoms with Crippen molar-refractivity contribution in [1.82, 2.24) is 19.9 Å². The normalized spacial score (nSPS) is 11.1. The molecule has 0 amide bonds. The third-order valence-corrected chi connectivity index (χ3v) is 2.59. The predicted octanol–water partition coefficient (Wildman–Crippen LogP) is 1.62. The molecule has 0 unspecified atom stereocenters. The summed E-state index contributed by atoms with van der Waals surface area (Å²) in [5, 5.41) is 0.721. The first-order valence-corrected chi connectivity index (χ1v) is 5.27. The molecule has 2 N–H and O–H groups in total. The van der Waals surface area contributed by atoms with Crippen molar-refractivity contribution in [3.8, 4) is 0 Å². The molecule has 86 valence electrons. The van der Waals surface area contributed by atoms with E-state index in [1.54, 1.807) is 25.6 Å². The Morgan fingerprint density at radius 3 is 3.12 bits per heavy atom. The highest BCUT2D eigenvalue weighted by molar-refractivity contribution is 6.12. The summed E-state index contributed by atoms with van der Waals surface area (Å²) in [5.74, 6) is -0.359. The maximum atomic E-state index is 11.8. The maximum absolute atomic E-state index is 11.8. The number of rotatable bonds is 2. The van der Waals surface area contributed by atoms with Crippen LogP contribution in [0.2, 0.25) is 0 Å². The van der Waals surface area contributed by atoms with Gasteiger partial charge in [-0.1, -0.05) is 0 Å². The minimum atomic E-state index is -0.359. The highest BCUT2D eigenvalue weighted by Gasteiger charge is 2.17. The SMILES string of the molecule is CCOC(=O)c1c[nH]c2ncc3nc[nH]c3c12. The summed E-state index contributed by atoms with van der Waals surface area (Å²) in [7, 11) is 0. The summed E-state index contributed by atoms with van der Waals surface area (Å²) in [5.41, 5.74) is 2.64. The van der Waals surface area contributed by atoms with Gasteiger partial charge < -0.3 is 14.7 Å². The van der Waals surface area contributed by atoms with Crippen molar-refractivity contribution in [1.29, 1.82) is 0 Å². The monoisotopic (exact) mass is 230 g/mol. The quantitative estimate of drug-likeness (QED) is 0.655. The molecule has 0 spiro atoms. The molecular formula is C11H10N4O2. The Hall–Kier alpha value is -2.37. The maximum Gasteiger partial charge on any atom is 0.340 e. The lowest BCUT2D eigenvalue weighted by Crippen LogP contribution is -2.03. The van der Waals surface area contributed by atoms with Crippen LogP contribution in [0.25, 0.3) is 22.1 Å². The Kier molecular flexibility index (Phi) is 2.07. The van der Waals surface area contributed by atoms with Gasteiger partial charge in [-0.25, -0.2) is 14.8 Å². The summed E-state index contributed by atoms with van der Waals surface area (Å²) in [6.07, 6.45) is 4.84. The van der Waals surface area contributed by atoms with Gasteiger partial charge in [0.05, 0.1) is 35.6 Å². The molecule has 3 heterocycles. The van der Waals surface area contributed by atoms with E-state index < -0.39 is 0 Å². The van der Waals surface area contributed by atoms with Crippen LogP contribution < -0.4 is 0 Å². The fourth-order valence-corrected chi connectivity index (χ4v) is 1.87. The van der Waals surface area contributed by atoms with Gasteiger partial charge in [-0.3, -0.25) is 0 Å². The Morgan fingerprint density at radius 2 is 2.29 bits per heavy atom. The van der Waals surface area contributed by atoms with E-state index in [0.717, 1.165) is 16.4 Å². The molecule has 0 aliphatic rings. The van der Waals surface area contributed by atoms with Gasteiger partial charge in [0.1, 0.15) is 11.2 Å². The minimum Gasteiger partial charge on any atom is -0.462 e. The van der Waals surface area contributed by atoms with Crippen molar-refractivity contribution in [2.45, 2.75) is 6.92 Å². The molecule has 3 aromatic heterocycles.